The molecule has 2 atom stereocenters. The summed E-state index contributed by atoms with van der Waals surface area (Å²) in [5.74, 6) is -0.805. The topological polar surface area (TPSA) is 63.3 Å². The van der Waals surface area contributed by atoms with Crippen molar-refractivity contribution in [2.24, 2.45) is 5.14 Å². The molecule has 0 aromatic rings. The van der Waals surface area contributed by atoms with Gasteiger partial charge < -0.3 is 5.11 Å². The fourth-order valence-corrected chi connectivity index (χ4v) is 2.65. The van der Waals surface area contributed by atoms with Crippen molar-refractivity contribution in [3.05, 3.63) is 11.5 Å². The second-order valence-corrected chi connectivity index (χ2v) is 4.59. The van der Waals surface area contributed by atoms with Crippen LogP contribution < -0.4 is 5.14 Å². The molecule has 0 radical (unpaired) electrons. The summed E-state index contributed by atoms with van der Waals surface area (Å²) in [5, 5.41) is 15.5. The van der Waals surface area contributed by atoms with E-state index in [1.807, 2.05) is 13.0 Å². The Morgan fingerprint density at radius 1 is 1.91 bits per heavy atom. The maximum absolute atomic E-state index is 10.6. The molecule has 0 fully saturated rings. The van der Waals surface area contributed by atoms with E-state index in [1.54, 1.807) is 5.41 Å². The van der Waals surface area contributed by atoms with Gasteiger partial charge in [-0.15, -0.1) is 11.8 Å². The number of nitrogens with two attached hydrogens (primary N) is 1. The molecule has 0 saturated heterocycles. The highest BCUT2D eigenvalue weighted by atomic mass is 32.2. The molecule has 1 aliphatic heterocycles. The fraction of sp³-hybridized carbons (Fsp3) is 0.500. The third kappa shape index (κ3) is 1.55. The number of carbonyl (C=O) groups is 1. The maximum Gasteiger partial charge on any atom is 0.318 e. The van der Waals surface area contributed by atoms with Gasteiger partial charge in [0.1, 0.15) is 5.25 Å². The summed E-state index contributed by atoms with van der Waals surface area (Å²) in [6.07, 6.45) is 1.83. The minimum absolute atomic E-state index is 0.447. The monoisotopic (exact) mass is 191 g/mol. The Labute approximate surface area is 73.5 Å². The Morgan fingerprint density at radius 3 is 2.91 bits per heavy atom. The van der Waals surface area contributed by atoms with Crippen LogP contribution in [0.4, 0.5) is 0 Å². The predicted octanol–water partition coefficient (Wildman–Crippen LogP) is 1.07. The van der Waals surface area contributed by atoms with E-state index < -0.39 is 16.0 Å². The van der Waals surface area contributed by atoms with Crippen LogP contribution in [0, 0.1) is 0 Å². The number of carboxylic acid groups (broad SMARTS) is 1. The number of thioether (sulfide) groups is 1. The van der Waals surface area contributed by atoms with Gasteiger partial charge in [-0.3, -0.25) is 9.93 Å². The predicted molar refractivity (Wildman–Crippen MR) is 48.3 cm³/mol. The molecule has 1 aliphatic rings. The van der Waals surface area contributed by atoms with Gasteiger partial charge in [0.05, 0.1) is 4.75 Å². The molecular formula is C6H9NO2S2. The molecule has 62 valence electrons. The Bertz CT molecular complexity index is 207. The van der Waals surface area contributed by atoms with Crippen molar-refractivity contribution in [1.29, 1.82) is 0 Å². The number of rotatable bonds is 2. The molecule has 0 bridgehead atoms. The molecule has 0 amide bonds. The van der Waals surface area contributed by atoms with Crippen LogP contribution in [-0.4, -0.2) is 21.1 Å². The lowest BCUT2D eigenvalue weighted by atomic mass is 10.1. The summed E-state index contributed by atoms with van der Waals surface area (Å²) >= 11 is 2.38. The first-order chi connectivity index (χ1) is 5.10. The first-order valence-corrected chi connectivity index (χ1v) is 4.86. The molecule has 1 rings (SSSR count). The number of hydrogen-bond donors (Lipinski definition) is 2. The second-order valence-electron chi connectivity index (χ2n) is 2.46. The van der Waals surface area contributed by atoms with Crippen LogP contribution in [0.5, 0.6) is 0 Å². The van der Waals surface area contributed by atoms with Crippen molar-refractivity contribution < 1.29 is 9.90 Å². The average molecular weight is 191 g/mol. The summed E-state index contributed by atoms with van der Waals surface area (Å²) in [7, 11) is 0. The summed E-state index contributed by atoms with van der Waals surface area (Å²) in [6.45, 7) is 1.83. The first-order valence-electron chi connectivity index (χ1n) is 3.04. The third-order valence-corrected chi connectivity index (χ3v) is 3.90. The number of aliphatic carboxylic acids is 1. The second kappa shape index (κ2) is 3.08. The van der Waals surface area contributed by atoms with Gasteiger partial charge in [-0.05, 0) is 12.3 Å². The lowest BCUT2D eigenvalue weighted by molar-refractivity contribution is -0.136. The molecule has 0 aromatic carbocycles. The fourth-order valence-electron chi connectivity index (χ4n) is 0.880. The first kappa shape index (κ1) is 8.96. The Balaban J connectivity index is 2.78. The van der Waals surface area contributed by atoms with E-state index in [4.69, 9.17) is 10.2 Å². The van der Waals surface area contributed by atoms with Gasteiger partial charge in [-0.25, -0.2) is 0 Å². The van der Waals surface area contributed by atoms with E-state index in [9.17, 15) is 4.79 Å². The van der Waals surface area contributed by atoms with Crippen LogP contribution in [0.1, 0.15) is 6.92 Å². The average Bonchev–Trinajstić information content (AvgIpc) is 2.32. The maximum atomic E-state index is 10.6. The van der Waals surface area contributed by atoms with E-state index in [0.29, 0.717) is 0 Å². The lowest BCUT2D eigenvalue weighted by Crippen LogP contribution is -2.36. The summed E-state index contributed by atoms with van der Waals surface area (Å²) in [6, 6.07) is 0. The molecule has 5 heteroatoms. The van der Waals surface area contributed by atoms with Crippen LogP contribution in [-0.2, 0) is 4.79 Å². The van der Waals surface area contributed by atoms with E-state index >= 15 is 0 Å². The van der Waals surface area contributed by atoms with Crippen molar-refractivity contribution in [2.45, 2.75) is 16.9 Å². The largest absolute Gasteiger partial charge is 0.480 e. The van der Waals surface area contributed by atoms with Crippen molar-refractivity contribution >= 4 is 29.7 Å². The minimum Gasteiger partial charge on any atom is -0.480 e. The van der Waals surface area contributed by atoms with Crippen molar-refractivity contribution in [3.8, 4) is 0 Å². The summed E-state index contributed by atoms with van der Waals surface area (Å²) < 4.78 is -0.448. The highest BCUT2D eigenvalue weighted by Crippen LogP contribution is 2.40. The molecule has 0 aromatic heterocycles. The summed E-state index contributed by atoms with van der Waals surface area (Å²) in [4.78, 5) is 10.6. The molecule has 11 heavy (non-hydrogen) atoms. The number of carboxylic acids is 1. The smallest absolute Gasteiger partial charge is 0.318 e. The minimum atomic E-state index is -0.805. The highest BCUT2D eigenvalue weighted by Gasteiger charge is 2.40. The molecule has 3 nitrogen and oxygen atoms in total. The van der Waals surface area contributed by atoms with E-state index in [2.05, 4.69) is 0 Å². The van der Waals surface area contributed by atoms with Crippen molar-refractivity contribution in [3.63, 3.8) is 0 Å². The zero-order valence-corrected chi connectivity index (χ0v) is 7.61. The van der Waals surface area contributed by atoms with Gasteiger partial charge in [-0.2, -0.15) is 0 Å². The normalized spacial score (nSPS) is 36.0. The van der Waals surface area contributed by atoms with E-state index in [-0.39, 0.29) is 0 Å². The Kier molecular flexibility index (Phi) is 2.51. The van der Waals surface area contributed by atoms with Gasteiger partial charge in [0.15, 0.2) is 0 Å². The zero-order chi connectivity index (χ0) is 8.48. The van der Waals surface area contributed by atoms with Crippen LogP contribution in [0.25, 0.3) is 0 Å². The van der Waals surface area contributed by atoms with Crippen molar-refractivity contribution in [2.75, 3.05) is 0 Å². The molecule has 2 unspecified atom stereocenters. The van der Waals surface area contributed by atoms with Gasteiger partial charge >= 0.3 is 5.97 Å². The SMILES string of the molecule is CC1(SN)C=CSC1C(=O)O. The van der Waals surface area contributed by atoms with E-state index in [1.165, 1.54) is 11.8 Å². The summed E-state index contributed by atoms with van der Waals surface area (Å²) in [5.41, 5.74) is 0. The lowest BCUT2D eigenvalue weighted by Gasteiger charge is -2.23. The highest BCUT2D eigenvalue weighted by molar-refractivity contribution is 8.06. The van der Waals surface area contributed by atoms with Crippen LogP contribution in [0.15, 0.2) is 11.5 Å². The van der Waals surface area contributed by atoms with Gasteiger partial charge in [0.25, 0.3) is 0 Å². The molecule has 1 heterocycles. The number of hydrogen-bond acceptors (Lipinski definition) is 4. The quantitative estimate of drug-likeness (QED) is 0.639. The van der Waals surface area contributed by atoms with Crippen LogP contribution in [0.2, 0.25) is 0 Å². The van der Waals surface area contributed by atoms with Crippen molar-refractivity contribution in [1.82, 2.24) is 0 Å². The van der Waals surface area contributed by atoms with Gasteiger partial charge in [0.2, 0.25) is 0 Å². The van der Waals surface area contributed by atoms with Gasteiger partial charge in [-0.1, -0.05) is 18.0 Å². The Hall–Kier alpha value is -0.130. The molecule has 3 N–H and O–H groups in total. The van der Waals surface area contributed by atoms with Crippen LogP contribution >= 0.6 is 23.7 Å². The van der Waals surface area contributed by atoms with Gasteiger partial charge in [0, 0.05) is 0 Å². The molecule has 0 aliphatic carbocycles. The zero-order valence-electron chi connectivity index (χ0n) is 5.98. The standard InChI is InChI=1S/C6H9NO2S2/c1-6(11-7)2-3-10-4(6)5(8)9/h2-4H,7H2,1H3,(H,8,9). The van der Waals surface area contributed by atoms with E-state index in [0.717, 1.165) is 11.9 Å². The molecular weight excluding hydrogens is 182 g/mol. The third-order valence-electron chi connectivity index (χ3n) is 1.61. The van der Waals surface area contributed by atoms with Crippen LogP contribution in [0.3, 0.4) is 0 Å². The molecule has 0 spiro atoms. The Morgan fingerprint density at radius 2 is 2.55 bits per heavy atom. The molecule has 0 saturated carbocycles.